The van der Waals surface area contributed by atoms with Crippen molar-refractivity contribution < 1.29 is 4.74 Å². The largest absolute Gasteiger partial charge is 0.456 e. The van der Waals surface area contributed by atoms with Gasteiger partial charge in [0, 0.05) is 45.8 Å². The van der Waals surface area contributed by atoms with Gasteiger partial charge in [-0.3, -0.25) is 0 Å². The molecule has 0 bridgehead atoms. The highest BCUT2D eigenvalue weighted by Crippen LogP contribution is 2.48. The van der Waals surface area contributed by atoms with Crippen molar-refractivity contribution in [3.05, 3.63) is 194 Å². The minimum absolute atomic E-state index is 0.624. The maximum absolute atomic E-state index is 6.89. The number of benzene rings is 7. The molecule has 0 saturated heterocycles. The van der Waals surface area contributed by atoms with E-state index in [-0.39, 0.29) is 0 Å². The zero-order valence-electron chi connectivity index (χ0n) is 29.7. The first-order chi connectivity index (χ1) is 27.3. The van der Waals surface area contributed by atoms with Crippen molar-refractivity contribution in [2.45, 2.75) is 0 Å². The molecule has 10 rings (SSSR count). The highest BCUT2D eigenvalue weighted by molar-refractivity contribution is 5.98. The smallest absolute Gasteiger partial charge is 0.160 e. The molecular formula is C50H32N4O. The van der Waals surface area contributed by atoms with Crippen molar-refractivity contribution in [2.75, 3.05) is 0 Å². The lowest BCUT2D eigenvalue weighted by Crippen LogP contribution is -1.98. The van der Waals surface area contributed by atoms with Crippen LogP contribution in [0.5, 0.6) is 11.5 Å². The maximum atomic E-state index is 6.89. The normalized spacial score (nSPS) is 11.4. The molecule has 0 spiro atoms. The van der Waals surface area contributed by atoms with Crippen LogP contribution in [0.1, 0.15) is 0 Å². The Balaban J connectivity index is 1.19. The van der Waals surface area contributed by atoms with Crippen LogP contribution in [0.15, 0.2) is 194 Å². The van der Waals surface area contributed by atoms with Crippen LogP contribution in [0.4, 0.5) is 0 Å². The second-order valence-electron chi connectivity index (χ2n) is 13.4. The van der Waals surface area contributed by atoms with Crippen molar-refractivity contribution in [1.82, 2.24) is 19.9 Å². The summed E-state index contributed by atoms with van der Waals surface area (Å²) in [4.78, 5) is 19.7. The first-order valence-corrected chi connectivity index (χ1v) is 18.3. The summed E-state index contributed by atoms with van der Waals surface area (Å²) < 4.78 is 6.89. The number of rotatable bonds is 4. The van der Waals surface area contributed by atoms with E-state index < -0.39 is 0 Å². The Morgan fingerprint density at radius 1 is 0.291 bits per heavy atom. The highest BCUT2D eigenvalue weighted by Gasteiger charge is 2.22. The maximum Gasteiger partial charge on any atom is 0.160 e. The number of aromatic nitrogens is 4. The highest BCUT2D eigenvalue weighted by atomic mass is 16.5. The summed E-state index contributed by atoms with van der Waals surface area (Å²) in [7, 11) is 0. The quantitative estimate of drug-likeness (QED) is 0.182. The molecule has 9 aromatic rings. The van der Waals surface area contributed by atoms with Gasteiger partial charge >= 0.3 is 0 Å². The molecule has 0 fully saturated rings. The first kappa shape index (κ1) is 32.2. The number of ether oxygens (including phenoxy) is 1. The second kappa shape index (κ2) is 13.8. The van der Waals surface area contributed by atoms with Gasteiger partial charge in [0.15, 0.2) is 11.6 Å². The Kier molecular flexibility index (Phi) is 8.08. The molecule has 1 aliphatic heterocycles. The van der Waals surface area contributed by atoms with Gasteiger partial charge in [0.25, 0.3) is 0 Å². The Bertz CT molecular complexity index is 2840. The Morgan fingerprint density at radius 2 is 0.709 bits per heavy atom. The van der Waals surface area contributed by atoms with E-state index >= 15 is 0 Å². The van der Waals surface area contributed by atoms with E-state index in [1.807, 2.05) is 103 Å². The average Bonchev–Trinajstić information content (AvgIpc) is 3.28. The molecule has 0 aliphatic carbocycles. The zero-order valence-corrected chi connectivity index (χ0v) is 29.7. The lowest BCUT2D eigenvalue weighted by molar-refractivity contribution is 0.486. The Hall–Kier alpha value is -7.50. The third-order valence-electron chi connectivity index (χ3n) is 10.1. The van der Waals surface area contributed by atoms with Crippen LogP contribution in [0, 0.1) is 0 Å². The number of hydrogen-bond donors (Lipinski definition) is 0. The van der Waals surface area contributed by atoms with Gasteiger partial charge in [0.1, 0.15) is 11.5 Å². The predicted molar refractivity (Wildman–Crippen MR) is 221 cm³/mol. The standard InChI is InChI=1S/C50H32N4O/c1-3-15-33(16-4-1)49-51-31-36(32-52-49)46-30-45(53-50(54-46)34-17-5-2-6-18-34)35-27-28-41-39-21-8-7-19-37(39)38-20-9-10-22-40(38)42-23-11-13-25-47(42)55-48-26-14-12-24-43(48)44(41)29-35/h1-32H. The van der Waals surface area contributed by atoms with E-state index in [1.54, 1.807) is 0 Å². The molecule has 5 nitrogen and oxygen atoms in total. The van der Waals surface area contributed by atoms with Crippen molar-refractivity contribution in [3.8, 4) is 101 Å². The minimum atomic E-state index is 0.624. The molecule has 3 heterocycles. The minimum Gasteiger partial charge on any atom is -0.456 e. The van der Waals surface area contributed by atoms with Crippen LogP contribution >= 0.6 is 0 Å². The molecule has 7 aromatic carbocycles. The SMILES string of the molecule is c1ccc(-c2ncc(-c3cc(-c4ccc5c(c4)-c4ccccc4Oc4ccccc4-c4ccccc4-c4ccccc4-5)nc(-c4ccccc4)n3)cn2)cc1. The Morgan fingerprint density at radius 3 is 1.27 bits per heavy atom. The van der Waals surface area contributed by atoms with E-state index in [4.69, 9.17) is 24.7 Å². The number of para-hydroxylation sites is 2. The second-order valence-corrected chi connectivity index (χ2v) is 13.4. The van der Waals surface area contributed by atoms with Gasteiger partial charge in [-0.1, -0.05) is 158 Å². The lowest BCUT2D eigenvalue weighted by atomic mass is 9.86. The van der Waals surface area contributed by atoms with Crippen molar-refractivity contribution >= 4 is 0 Å². The predicted octanol–water partition coefficient (Wildman–Crippen LogP) is 12.7. The molecule has 258 valence electrons. The van der Waals surface area contributed by atoms with Crippen molar-refractivity contribution in [3.63, 3.8) is 0 Å². The number of hydrogen-bond acceptors (Lipinski definition) is 5. The topological polar surface area (TPSA) is 60.8 Å². The molecule has 0 amide bonds. The number of nitrogens with zero attached hydrogens (tertiary/aromatic N) is 4. The molecule has 55 heavy (non-hydrogen) atoms. The lowest BCUT2D eigenvalue weighted by Gasteiger charge is -2.18. The molecule has 0 unspecified atom stereocenters. The third kappa shape index (κ3) is 6.04. The first-order valence-electron chi connectivity index (χ1n) is 18.3. The van der Waals surface area contributed by atoms with Gasteiger partial charge in [0.2, 0.25) is 0 Å². The molecule has 2 aromatic heterocycles. The Labute approximate surface area is 319 Å². The van der Waals surface area contributed by atoms with Crippen LogP contribution in [0.25, 0.3) is 89.8 Å². The summed E-state index contributed by atoms with van der Waals surface area (Å²) in [5, 5.41) is 0. The molecule has 1 aliphatic rings. The van der Waals surface area contributed by atoms with Crippen LogP contribution in [0.3, 0.4) is 0 Å². The van der Waals surface area contributed by atoms with Gasteiger partial charge < -0.3 is 4.74 Å². The fourth-order valence-electron chi connectivity index (χ4n) is 7.40. The van der Waals surface area contributed by atoms with E-state index in [2.05, 4.69) is 91.0 Å². The van der Waals surface area contributed by atoms with Gasteiger partial charge in [-0.15, -0.1) is 0 Å². The molecule has 0 atom stereocenters. The van der Waals surface area contributed by atoms with Gasteiger partial charge in [-0.25, -0.2) is 19.9 Å². The fourth-order valence-corrected chi connectivity index (χ4v) is 7.40. The zero-order chi connectivity index (χ0) is 36.6. The van der Waals surface area contributed by atoms with Crippen LogP contribution in [0.2, 0.25) is 0 Å². The summed E-state index contributed by atoms with van der Waals surface area (Å²) in [6, 6.07) is 62.5. The molecule has 0 saturated carbocycles. The van der Waals surface area contributed by atoms with Crippen LogP contribution < -0.4 is 4.74 Å². The van der Waals surface area contributed by atoms with E-state index in [1.165, 1.54) is 0 Å². The molecule has 0 N–H and O–H groups in total. The van der Waals surface area contributed by atoms with Crippen LogP contribution in [-0.4, -0.2) is 19.9 Å². The monoisotopic (exact) mass is 704 g/mol. The summed E-state index contributed by atoms with van der Waals surface area (Å²) in [5.74, 6) is 2.86. The van der Waals surface area contributed by atoms with Crippen molar-refractivity contribution in [2.24, 2.45) is 0 Å². The summed E-state index contributed by atoms with van der Waals surface area (Å²) in [6.45, 7) is 0. The molecule has 5 heteroatoms. The van der Waals surface area contributed by atoms with Gasteiger partial charge in [-0.05, 0) is 57.6 Å². The fraction of sp³-hybridized carbons (Fsp3) is 0. The summed E-state index contributed by atoms with van der Waals surface area (Å²) >= 11 is 0. The van der Waals surface area contributed by atoms with E-state index in [0.29, 0.717) is 11.6 Å². The van der Waals surface area contributed by atoms with Gasteiger partial charge in [-0.2, -0.15) is 0 Å². The van der Waals surface area contributed by atoms with E-state index in [9.17, 15) is 0 Å². The summed E-state index contributed by atoms with van der Waals surface area (Å²) in [6.07, 6.45) is 3.68. The molecular weight excluding hydrogens is 673 g/mol. The molecule has 0 radical (unpaired) electrons. The van der Waals surface area contributed by atoms with Crippen LogP contribution in [-0.2, 0) is 0 Å². The van der Waals surface area contributed by atoms with Crippen molar-refractivity contribution in [1.29, 1.82) is 0 Å². The number of fused-ring (bicyclic) bond motifs is 9. The van der Waals surface area contributed by atoms with E-state index in [0.717, 1.165) is 89.6 Å². The van der Waals surface area contributed by atoms with Gasteiger partial charge in [0.05, 0.1) is 11.4 Å². The average molecular weight is 705 g/mol. The summed E-state index contributed by atoms with van der Waals surface area (Å²) in [5.41, 5.74) is 13.9. The third-order valence-corrected chi connectivity index (χ3v) is 10.1.